The van der Waals surface area contributed by atoms with E-state index in [4.69, 9.17) is 13.8 Å². The minimum Gasteiger partial charge on any atom is -0.456 e. The first-order valence-corrected chi connectivity index (χ1v) is 16.4. The van der Waals surface area contributed by atoms with Crippen LogP contribution >= 0.6 is 0 Å². The molecule has 5 aromatic heterocycles. The quantitative estimate of drug-likeness (QED) is 0.186. The maximum absolute atomic E-state index is 6.02. The third-order valence-electron chi connectivity index (χ3n) is 9.34. The standard InChI is InChI=1S/C44H26N4O2/c1-4-27(20-28(5-1)31-10-12-40-35(23-31)37-25-45-17-15-42(37)49-40)30-7-3-9-34(22-30)44-47-19-14-39(48-44)33-8-2-6-29(21-33)32-11-13-41-36(24-32)38-26-46-18-16-43(38)50-41/h1-26H. The predicted molar refractivity (Wildman–Crippen MR) is 199 cm³/mol. The Labute approximate surface area is 286 Å². The Kier molecular flexibility index (Phi) is 6.39. The van der Waals surface area contributed by atoms with E-state index in [0.717, 1.165) is 94.1 Å². The average molecular weight is 643 g/mol. The molecule has 0 saturated carbocycles. The summed E-state index contributed by atoms with van der Waals surface area (Å²) in [5.74, 6) is 0.676. The fraction of sp³-hybridized carbons (Fsp3) is 0. The van der Waals surface area contributed by atoms with Gasteiger partial charge in [0.15, 0.2) is 5.82 Å². The Morgan fingerprint density at radius 3 is 1.40 bits per heavy atom. The van der Waals surface area contributed by atoms with Gasteiger partial charge in [0.05, 0.1) is 5.69 Å². The average Bonchev–Trinajstić information content (AvgIpc) is 3.76. The maximum Gasteiger partial charge on any atom is 0.159 e. The van der Waals surface area contributed by atoms with E-state index in [-0.39, 0.29) is 0 Å². The second-order valence-electron chi connectivity index (χ2n) is 12.4. The molecule has 234 valence electrons. The summed E-state index contributed by atoms with van der Waals surface area (Å²) in [5, 5.41) is 4.14. The number of aromatic nitrogens is 4. The molecule has 0 fully saturated rings. The van der Waals surface area contributed by atoms with Crippen molar-refractivity contribution in [2.75, 3.05) is 0 Å². The third kappa shape index (κ3) is 4.81. The highest BCUT2D eigenvalue weighted by Gasteiger charge is 2.13. The van der Waals surface area contributed by atoms with Crippen LogP contribution in [-0.2, 0) is 0 Å². The van der Waals surface area contributed by atoms with Crippen molar-refractivity contribution in [3.8, 4) is 56.0 Å². The highest BCUT2D eigenvalue weighted by molar-refractivity contribution is 6.07. The van der Waals surface area contributed by atoms with Crippen LogP contribution in [0.2, 0.25) is 0 Å². The first-order chi connectivity index (χ1) is 24.7. The number of hydrogen-bond acceptors (Lipinski definition) is 6. The molecule has 0 radical (unpaired) electrons. The zero-order valence-electron chi connectivity index (χ0n) is 26.6. The van der Waals surface area contributed by atoms with Gasteiger partial charge in [-0.15, -0.1) is 0 Å². The summed E-state index contributed by atoms with van der Waals surface area (Å²) in [4.78, 5) is 18.3. The zero-order valence-corrected chi connectivity index (χ0v) is 26.6. The number of rotatable bonds is 5. The van der Waals surface area contributed by atoms with Crippen molar-refractivity contribution in [3.05, 3.63) is 158 Å². The highest BCUT2D eigenvalue weighted by Crippen LogP contribution is 2.36. The summed E-state index contributed by atoms with van der Waals surface area (Å²) in [6.45, 7) is 0. The molecule has 6 heteroatoms. The Balaban J connectivity index is 0.968. The monoisotopic (exact) mass is 642 g/mol. The van der Waals surface area contributed by atoms with Gasteiger partial charge in [0.2, 0.25) is 0 Å². The van der Waals surface area contributed by atoms with Crippen molar-refractivity contribution < 1.29 is 8.83 Å². The van der Waals surface area contributed by atoms with Crippen LogP contribution in [0.15, 0.2) is 167 Å². The summed E-state index contributed by atoms with van der Waals surface area (Å²) in [7, 11) is 0. The Bertz CT molecular complexity index is 2710. The van der Waals surface area contributed by atoms with Crippen LogP contribution in [-0.4, -0.2) is 19.9 Å². The number of benzene rings is 5. The molecular weight excluding hydrogens is 617 g/mol. The molecule has 0 amide bonds. The molecule has 10 rings (SSSR count). The van der Waals surface area contributed by atoms with Gasteiger partial charge in [-0.2, -0.15) is 0 Å². The lowest BCUT2D eigenvalue weighted by atomic mass is 9.97. The van der Waals surface area contributed by atoms with Gasteiger partial charge in [0.25, 0.3) is 0 Å². The highest BCUT2D eigenvalue weighted by atomic mass is 16.3. The molecule has 0 bridgehead atoms. The lowest BCUT2D eigenvalue weighted by molar-refractivity contribution is 0.668. The molecule has 0 unspecified atom stereocenters. The molecule has 10 aromatic rings. The fourth-order valence-electron chi connectivity index (χ4n) is 6.83. The molecule has 0 saturated heterocycles. The molecule has 0 spiro atoms. The number of fused-ring (bicyclic) bond motifs is 6. The largest absolute Gasteiger partial charge is 0.456 e. The summed E-state index contributed by atoms with van der Waals surface area (Å²) in [6.07, 6.45) is 9.06. The van der Waals surface area contributed by atoms with Crippen LogP contribution in [0.3, 0.4) is 0 Å². The van der Waals surface area contributed by atoms with Gasteiger partial charge in [-0.25, -0.2) is 9.97 Å². The van der Waals surface area contributed by atoms with E-state index in [1.165, 1.54) is 0 Å². The molecule has 0 aliphatic heterocycles. The van der Waals surface area contributed by atoms with E-state index < -0.39 is 0 Å². The lowest BCUT2D eigenvalue weighted by Gasteiger charge is -2.09. The van der Waals surface area contributed by atoms with Crippen molar-refractivity contribution >= 4 is 43.9 Å². The molecule has 0 atom stereocenters. The van der Waals surface area contributed by atoms with Crippen LogP contribution in [0.4, 0.5) is 0 Å². The van der Waals surface area contributed by atoms with Crippen molar-refractivity contribution in [2.24, 2.45) is 0 Å². The van der Waals surface area contributed by atoms with Crippen LogP contribution in [0.1, 0.15) is 0 Å². The molecule has 0 N–H and O–H groups in total. The molecule has 5 heterocycles. The van der Waals surface area contributed by atoms with Crippen LogP contribution in [0.5, 0.6) is 0 Å². The van der Waals surface area contributed by atoms with E-state index in [1.807, 2.05) is 48.9 Å². The van der Waals surface area contributed by atoms with Gasteiger partial charge >= 0.3 is 0 Å². The number of furan rings is 2. The Hall–Kier alpha value is -6.92. The fourth-order valence-corrected chi connectivity index (χ4v) is 6.83. The molecule has 0 aliphatic carbocycles. The SMILES string of the molecule is c1cc(-c2cccc(-c3nccc(-c4cccc(-c5ccc6oc7ccncc7c6c5)c4)n3)c2)cc(-c2ccc3oc4ccncc4c3c2)c1. The van der Waals surface area contributed by atoms with Crippen molar-refractivity contribution in [2.45, 2.75) is 0 Å². The van der Waals surface area contributed by atoms with Gasteiger partial charge in [-0.05, 0) is 94.0 Å². The molecule has 5 aromatic carbocycles. The summed E-state index contributed by atoms with van der Waals surface area (Å²) in [6, 6.07) is 43.9. The minimum absolute atomic E-state index is 0.676. The van der Waals surface area contributed by atoms with Crippen LogP contribution in [0, 0.1) is 0 Å². The van der Waals surface area contributed by atoms with Gasteiger partial charge < -0.3 is 8.83 Å². The van der Waals surface area contributed by atoms with Crippen LogP contribution < -0.4 is 0 Å². The number of nitrogens with zero attached hydrogens (tertiary/aromatic N) is 4. The smallest absolute Gasteiger partial charge is 0.159 e. The van der Waals surface area contributed by atoms with Crippen molar-refractivity contribution in [1.82, 2.24) is 19.9 Å². The lowest BCUT2D eigenvalue weighted by Crippen LogP contribution is -1.92. The van der Waals surface area contributed by atoms with E-state index in [2.05, 4.69) is 112 Å². The molecule has 0 aliphatic rings. The summed E-state index contributed by atoms with van der Waals surface area (Å²) in [5.41, 5.74) is 12.9. The van der Waals surface area contributed by atoms with Gasteiger partial charge in [-0.1, -0.05) is 66.7 Å². The topological polar surface area (TPSA) is 77.8 Å². The zero-order chi connectivity index (χ0) is 33.0. The minimum atomic E-state index is 0.676. The third-order valence-corrected chi connectivity index (χ3v) is 9.34. The summed E-state index contributed by atoms with van der Waals surface area (Å²) >= 11 is 0. The van der Waals surface area contributed by atoms with E-state index >= 15 is 0 Å². The van der Waals surface area contributed by atoms with Gasteiger partial charge in [0, 0.05) is 63.7 Å². The molecular formula is C44H26N4O2. The van der Waals surface area contributed by atoms with Crippen molar-refractivity contribution in [3.63, 3.8) is 0 Å². The second-order valence-corrected chi connectivity index (χ2v) is 12.4. The Morgan fingerprint density at radius 1 is 0.360 bits per heavy atom. The predicted octanol–water partition coefficient (Wildman–Crippen LogP) is 11.4. The van der Waals surface area contributed by atoms with E-state index in [0.29, 0.717) is 5.82 Å². The first kappa shape index (κ1) is 28.1. The first-order valence-electron chi connectivity index (χ1n) is 16.4. The maximum atomic E-state index is 6.02. The normalized spacial score (nSPS) is 11.6. The van der Waals surface area contributed by atoms with Gasteiger partial charge in [0.1, 0.15) is 22.3 Å². The summed E-state index contributed by atoms with van der Waals surface area (Å²) < 4.78 is 12.0. The second kappa shape index (κ2) is 11.4. The van der Waals surface area contributed by atoms with E-state index in [9.17, 15) is 0 Å². The number of pyridine rings is 2. The van der Waals surface area contributed by atoms with Crippen LogP contribution in [0.25, 0.3) is 99.9 Å². The Morgan fingerprint density at radius 2 is 0.820 bits per heavy atom. The molecule has 6 nitrogen and oxygen atoms in total. The van der Waals surface area contributed by atoms with E-state index in [1.54, 1.807) is 12.4 Å². The van der Waals surface area contributed by atoms with Crippen molar-refractivity contribution in [1.29, 1.82) is 0 Å². The van der Waals surface area contributed by atoms with Gasteiger partial charge in [-0.3, -0.25) is 9.97 Å². The number of hydrogen-bond donors (Lipinski definition) is 0. The molecule has 50 heavy (non-hydrogen) atoms.